The first kappa shape index (κ1) is 22.9. The predicted octanol–water partition coefficient (Wildman–Crippen LogP) is 5.38. The fraction of sp³-hybridized carbons (Fsp3) is 0.500. The molecule has 8 nitrogen and oxygen atoms in total. The van der Waals surface area contributed by atoms with Crippen LogP contribution in [0.4, 0.5) is 0 Å². The topological polar surface area (TPSA) is 89.5 Å². The molecule has 0 aliphatic rings. The van der Waals surface area contributed by atoms with Gasteiger partial charge in [-0.2, -0.15) is 0 Å². The molecule has 0 aliphatic heterocycles. The number of benzene rings is 1. The Kier molecular flexibility index (Phi) is 10.2. The van der Waals surface area contributed by atoms with Crippen molar-refractivity contribution in [3.63, 3.8) is 0 Å². The maximum Gasteiger partial charge on any atom is 0.530 e. The van der Waals surface area contributed by atoms with Gasteiger partial charge in [-0.05, 0) is 27.7 Å². The largest absolute Gasteiger partial charge is 0.530 e. The molecule has 0 unspecified atom stereocenters. The fourth-order valence-electron chi connectivity index (χ4n) is 1.80. The standard InChI is InChI=1S/C16H26O8P2/c1-5-19-25(17,20-6-2)23-14-16(15-12-10-9-11-13-15)24-26(18,21-7-3)22-8-4/h9-14H,5-8H2,1-4H3/b16-14-. The van der Waals surface area contributed by atoms with E-state index in [1.165, 1.54) is 0 Å². The Morgan fingerprint density at radius 1 is 0.808 bits per heavy atom. The van der Waals surface area contributed by atoms with Crippen LogP contribution in [-0.2, 0) is 36.3 Å². The lowest BCUT2D eigenvalue weighted by atomic mass is 10.2. The smallest absolute Gasteiger partial charge is 0.408 e. The van der Waals surface area contributed by atoms with E-state index in [1.807, 2.05) is 0 Å². The van der Waals surface area contributed by atoms with Crippen LogP contribution < -0.4 is 0 Å². The van der Waals surface area contributed by atoms with E-state index in [9.17, 15) is 9.13 Å². The lowest BCUT2D eigenvalue weighted by Gasteiger charge is -2.20. The summed E-state index contributed by atoms with van der Waals surface area (Å²) in [7, 11) is -7.69. The van der Waals surface area contributed by atoms with E-state index in [1.54, 1.807) is 58.0 Å². The van der Waals surface area contributed by atoms with Crippen LogP contribution in [0, 0.1) is 0 Å². The first-order valence-electron chi connectivity index (χ1n) is 8.33. The zero-order chi connectivity index (χ0) is 19.5. The molecule has 0 saturated heterocycles. The highest BCUT2D eigenvalue weighted by Gasteiger charge is 2.31. The van der Waals surface area contributed by atoms with Crippen LogP contribution in [0.5, 0.6) is 0 Å². The van der Waals surface area contributed by atoms with E-state index in [-0.39, 0.29) is 32.2 Å². The van der Waals surface area contributed by atoms with Crippen molar-refractivity contribution >= 4 is 21.4 Å². The molecule has 148 valence electrons. The Balaban J connectivity index is 3.16. The van der Waals surface area contributed by atoms with Crippen LogP contribution in [-0.4, -0.2) is 26.4 Å². The predicted molar refractivity (Wildman–Crippen MR) is 98.3 cm³/mol. The number of hydrogen-bond donors (Lipinski definition) is 0. The lowest BCUT2D eigenvalue weighted by molar-refractivity contribution is 0.146. The number of hydrogen-bond acceptors (Lipinski definition) is 8. The third-order valence-electron chi connectivity index (χ3n) is 2.71. The number of phosphoric acid groups is 2. The Morgan fingerprint density at radius 2 is 1.27 bits per heavy atom. The van der Waals surface area contributed by atoms with Crippen molar-refractivity contribution in [2.24, 2.45) is 0 Å². The third-order valence-corrected chi connectivity index (χ3v) is 5.79. The van der Waals surface area contributed by atoms with Crippen molar-refractivity contribution in [3.05, 3.63) is 42.2 Å². The molecule has 0 fully saturated rings. The molecular weight excluding hydrogens is 382 g/mol. The molecule has 0 aromatic heterocycles. The van der Waals surface area contributed by atoms with Gasteiger partial charge in [0.25, 0.3) is 0 Å². The van der Waals surface area contributed by atoms with E-state index in [0.717, 1.165) is 6.26 Å². The molecule has 10 heteroatoms. The lowest BCUT2D eigenvalue weighted by Crippen LogP contribution is -2.02. The summed E-state index contributed by atoms with van der Waals surface area (Å²) in [5.41, 5.74) is 0.520. The maximum absolute atomic E-state index is 12.7. The quantitative estimate of drug-likeness (QED) is 0.317. The summed E-state index contributed by atoms with van der Waals surface area (Å²) in [5.74, 6) is 0.00969. The minimum absolute atomic E-state index is 0.00969. The van der Waals surface area contributed by atoms with Crippen molar-refractivity contribution in [3.8, 4) is 0 Å². The molecule has 0 radical (unpaired) electrons. The van der Waals surface area contributed by atoms with Crippen molar-refractivity contribution in [1.29, 1.82) is 0 Å². The molecule has 0 heterocycles. The molecular formula is C16H26O8P2. The molecule has 0 saturated carbocycles. The average molecular weight is 408 g/mol. The summed E-state index contributed by atoms with van der Waals surface area (Å²) in [6.07, 6.45) is 1.03. The monoisotopic (exact) mass is 408 g/mol. The highest BCUT2D eigenvalue weighted by molar-refractivity contribution is 7.49. The third kappa shape index (κ3) is 7.62. The fourth-order valence-corrected chi connectivity index (χ4v) is 4.05. The van der Waals surface area contributed by atoms with Crippen LogP contribution in [0.1, 0.15) is 33.3 Å². The summed E-state index contributed by atoms with van der Waals surface area (Å²) in [6, 6.07) is 8.71. The van der Waals surface area contributed by atoms with E-state index in [2.05, 4.69) is 0 Å². The molecule has 26 heavy (non-hydrogen) atoms. The molecule has 0 spiro atoms. The van der Waals surface area contributed by atoms with Crippen LogP contribution >= 0.6 is 15.6 Å². The van der Waals surface area contributed by atoms with Gasteiger partial charge in [0.05, 0.1) is 26.4 Å². The summed E-state index contributed by atoms with van der Waals surface area (Å²) in [4.78, 5) is 0. The zero-order valence-corrected chi connectivity index (χ0v) is 17.2. The second-order valence-corrected chi connectivity index (χ2v) is 7.83. The highest BCUT2D eigenvalue weighted by Crippen LogP contribution is 2.54. The van der Waals surface area contributed by atoms with Crippen molar-refractivity contribution in [2.75, 3.05) is 26.4 Å². The Morgan fingerprint density at radius 3 is 1.73 bits per heavy atom. The van der Waals surface area contributed by atoms with E-state index >= 15 is 0 Å². The molecule has 0 aliphatic carbocycles. The molecule has 0 atom stereocenters. The Bertz CT molecular complexity index is 627. The number of phosphoric ester groups is 2. The summed E-state index contributed by atoms with van der Waals surface area (Å²) < 4.78 is 56.2. The Hall–Kier alpha value is -1.14. The Labute approximate surface area is 154 Å². The summed E-state index contributed by atoms with van der Waals surface area (Å²) >= 11 is 0. The molecule has 1 aromatic carbocycles. The van der Waals surface area contributed by atoms with Crippen LogP contribution in [0.3, 0.4) is 0 Å². The second kappa shape index (κ2) is 11.5. The van der Waals surface area contributed by atoms with Gasteiger partial charge in [0.15, 0.2) is 5.76 Å². The SMILES string of the molecule is CCOP(=O)(O/C=C(\OP(=O)(OCC)OCC)c1ccccc1)OCC. The van der Waals surface area contributed by atoms with Crippen molar-refractivity contribution in [1.82, 2.24) is 0 Å². The maximum atomic E-state index is 12.7. The van der Waals surface area contributed by atoms with Gasteiger partial charge < -0.3 is 9.05 Å². The van der Waals surface area contributed by atoms with Crippen LogP contribution in [0.2, 0.25) is 0 Å². The van der Waals surface area contributed by atoms with Gasteiger partial charge in [-0.1, -0.05) is 30.3 Å². The van der Waals surface area contributed by atoms with Gasteiger partial charge in [0, 0.05) is 5.56 Å². The minimum Gasteiger partial charge on any atom is -0.408 e. The molecule has 0 N–H and O–H groups in total. The molecule has 0 bridgehead atoms. The average Bonchev–Trinajstić information content (AvgIpc) is 2.60. The molecule has 1 rings (SSSR count). The van der Waals surface area contributed by atoms with Gasteiger partial charge in [-0.15, -0.1) is 0 Å². The summed E-state index contributed by atoms with van der Waals surface area (Å²) in [6.45, 7) is 7.14. The van der Waals surface area contributed by atoms with Gasteiger partial charge in [-0.3, -0.25) is 18.1 Å². The van der Waals surface area contributed by atoms with Crippen LogP contribution in [0.25, 0.3) is 5.76 Å². The van der Waals surface area contributed by atoms with E-state index < -0.39 is 15.6 Å². The van der Waals surface area contributed by atoms with E-state index in [4.69, 9.17) is 27.1 Å². The minimum atomic E-state index is -3.87. The second-order valence-electron chi connectivity index (χ2n) is 4.61. The van der Waals surface area contributed by atoms with Crippen molar-refractivity contribution < 1.29 is 36.3 Å². The summed E-state index contributed by atoms with van der Waals surface area (Å²) in [5, 5.41) is 0. The van der Waals surface area contributed by atoms with Gasteiger partial charge in [0.1, 0.15) is 6.26 Å². The first-order chi connectivity index (χ1) is 12.4. The first-order valence-corrected chi connectivity index (χ1v) is 11.3. The number of rotatable bonds is 13. The van der Waals surface area contributed by atoms with Crippen molar-refractivity contribution in [2.45, 2.75) is 27.7 Å². The normalized spacial score (nSPS) is 12.8. The zero-order valence-electron chi connectivity index (χ0n) is 15.5. The van der Waals surface area contributed by atoms with E-state index in [0.29, 0.717) is 5.56 Å². The molecule has 0 amide bonds. The van der Waals surface area contributed by atoms with Gasteiger partial charge in [0.2, 0.25) is 0 Å². The van der Waals surface area contributed by atoms with Crippen LogP contribution in [0.15, 0.2) is 36.6 Å². The molecule has 1 aromatic rings. The van der Waals surface area contributed by atoms with Gasteiger partial charge >= 0.3 is 15.6 Å². The van der Waals surface area contributed by atoms with Gasteiger partial charge in [-0.25, -0.2) is 9.13 Å². The highest BCUT2D eigenvalue weighted by atomic mass is 31.2.